The quantitative estimate of drug-likeness (QED) is 0.757. The lowest BCUT2D eigenvalue weighted by Gasteiger charge is -2.26. The smallest absolute Gasteiger partial charge is 0.161 e. The molecule has 0 aromatic heterocycles. The minimum absolute atomic E-state index is 0. The van der Waals surface area contributed by atoms with Crippen LogP contribution in [0.25, 0.3) is 0 Å². The van der Waals surface area contributed by atoms with E-state index in [1.807, 2.05) is 0 Å². The second-order valence-electron chi connectivity index (χ2n) is 4.78. The van der Waals surface area contributed by atoms with Crippen LogP contribution in [0.15, 0.2) is 18.2 Å². The molecular weight excluding hydrogens is 278 g/mol. The first-order valence-corrected chi connectivity index (χ1v) is 6.82. The van der Waals surface area contributed by atoms with Gasteiger partial charge in [0.25, 0.3) is 0 Å². The van der Waals surface area contributed by atoms with Crippen molar-refractivity contribution in [2.75, 3.05) is 33.4 Å². The average molecular weight is 300 g/mol. The maximum Gasteiger partial charge on any atom is 0.161 e. The minimum Gasteiger partial charge on any atom is -0.493 e. The molecule has 1 fully saturated rings. The molecule has 1 aliphatic rings. The molecule has 0 atom stereocenters. The molecule has 1 aromatic carbocycles. The summed E-state index contributed by atoms with van der Waals surface area (Å²) in [5.74, 6) is 1.31. The molecule has 0 unspecified atom stereocenters. The van der Waals surface area contributed by atoms with Crippen LogP contribution in [0.1, 0.15) is 29.6 Å². The number of methoxy groups -OCH3 is 1. The number of ether oxygens (including phenoxy) is 2. The number of carbonyl (C=O) groups is 1. The van der Waals surface area contributed by atoms with Gasteiger partial charge in [-0.3, -0.25) is 9.69 Å². The van der Waals surface area contributed by atoms with E-state index in [1.54, 1.807) is 25.3 Å². The van der Waals surface area contributed by atoms with Crippen LogP contribution < -0.4 is 9.47 Å². The summed E-state index contributed by atoms with van der Waals surface area (Å²) in [4.78, 5) is 13.1. The van der Waals surface area contributed by atoms with Crippen LogP contribution in [0, 0.1) is 0 Å². The average Bonchev–Trinajstić information content (AvgIpc) is 2.48. The molecule has 4 nitrogen and oxygen atoms in total. The van der Waals surface area contributed by atoms with E-state index in [0.717, 1.165) is 12.8 Å². The van der Waals surface area contributed by atoms with Gasteiger partial charge in [-0.2, -0.15) is 0 Å². The second kappa shape index (κ2) is 8.82. The molecule has 0 aliphatic carbocycles. The molecule has 20 heavy (non-hydrogen) atoms. The van der Waals surface area contributed by atoms with E-state index < -0.39 is 0 Å². The van der Waals surface area contributed by atoms with Crippen molar-refractivity contribution in [3.63, 3.8) is 0 Å². The lowest BCUT2D eigenvalue weighted by Crippen LogP contribution is -2.33. The molecule has 5 heteroatoms. The van der Waals surface area contributed by atoms with Gasteiger partial charge in [0.15, 0.2) is 11.5 Å². The van der Waals surface area contributed by atoms with E-state index >= 15 is 0 Å². The first-order valence-electron chi connectivity index (χ1n) is 6.82. The third kappa shape index (κ3) is 4.69. The molecule has 0 bridgehead atoms. The fourth-order valence-electron chi connectivity index (χ4n) is 2.34. The molecule has 112 valence electrons. The summed E-state index contributed by atoms with van der Waals surface area (Å²) in [5.41, 5.74) is 0.597. The van der Waals surface area contributed by atoms with Crippen molar-refractivity contribution in [2.45, 2.75) is 19.3 Å². The summed E-state index contributed by atoms with van der Waals surface area (Å²) in [5, 5.41) is 0. The van der Waals surface area contributed by atoms with Crippen LogP contribution in [0.2, 0.25) is 0 Å². The standard InChI is InChI=1S/C15H21NO3.ClH/c1-18-15-11-13(12-17)5-6-14(15)19-10-9-16-7-3-2-4-8-16;/h5-6,11-12H,2-4,7-10H2,1H3;1H. The highest BCUT2D eigenvalue weighted by Crippen LogP contribution is 2.27. The zero-order valence-electron chi connectivity index (χ0n) is 11.8. The highest BCUT2D eigenvalue weighted by molar-refractivity contribution is 5.85. The number of hydrogen-bond acceptors (Lipinski definition) is 4. The van der Waals surface area contributed by atoms with Crippen LogP contribution in [0.3, 0.4) is 0 Å². The van der Waals surface area contributed by atoms with Gasteiger partial charge in [-0.15, -0.1) is 12.4 Å². The van der Waals surface area contributed by atoms with Gasteiger partial charge in [-0.25, -0.2) is 0 Å². The first kappa shape index (κ1) is 16.8. The van der Waals surface area contributed by atoms with Crippen molar-refractivity contribution in [1.82, 2.24) is 4.90 Å². The van der Waals surface area contributed by atoms with Gasteiger partial charge >= 0.3 is 0 Å². The first-order chi connectivity index (χ1) is 9.33. The largest absolute Gasteiger partial charge is 0.493 e. The number of piperidine rings is 1. The summed E-state index contributed by atoms with van der Waals surface area (Å²) in [6, 6.07) is 5.23. The summed E-state index contributed by atoms with van der Waals surface area (Å²) in [7, 11) is 1.58. The molecule has 0 radical (unpaired) electrons. The number of benzene rings is 1. The summed E-state index contributed by atoms with van der Waals surface area (Å²) < 4.78 is 11.0. The zero-order chi connectivity index (χ0) is 13.5. The Morgan fingerprint density at radius 1 is 1.20 bits per heavy atom. The van der Waals surface area contributed by atoms with Gasteiger partial charge in [0, 0.05) is 12.1 Å². The van der Waals surface area contributed by atoms with Crippen molar-refractivity contribution in [1.29, 1.82) is 0 Å². The number of carbonyl (C=O) groups excluding carboxylic acids is 1. The minimum atomic E-state index is 0. The molecule has 0 saturated carbocycles. The van der Waals surface area contributed by atoms with E-state index in [9.17, 15) is 4.79 Å². The van der Waals surface area contributed by atoms with Crippen molar-refractivity contribution in [2.24, 2.45) is 0 Å². The van der Waals surface area contributed by atoms with E-state index in [4.69, 9.17) is 9.47 Å². The Kier molecular flexibility index (Phi) is 7.41. The normalized spacial score (nSPS) is 15.2. The molecule has 0 amide bonds. The molecule has 1 saturated heterocycles. The molecule has 1 aromatic rings. The number of aldehydes is 1. The fourth-order valence-corrected chi connectivity index (χ4v) is 2.34. The number of hydrogen-bond donors (Lipinski definition) is 0. The van der Waals surface area contributed by atoms with Gasteiger partial charge in [0.2, 0.25) is 0 Å². The van der Waals surface area contributed by atoms with Gasteiger partial charge in [-0.1, -0.05) is 6.42 Å². The third-order valence-electron chi connectivity index (χ3n) is 3.44. The highest BCUT2D eigenvalue weighted by atomic mass is 35.5. The summed E-state index contributed by atoms with van der Waals surface area (Å²) >= 11 is 0. The number of nitrogens with zero attached hydrogens (tertiary/aromatic N) is 1. The number of likely N-dealkylation sites (tertiary alicyclic amines) is 1. The van der Waals surface area contributed by atoms with Crippen LogP contribution >= 0.6 is 12.4 Å². The SMILES string of the molecule is COc1cc(C=O)ccc1OCCN1CCCCC1.Cl. The van der Waals surface area contributed by atoms with Gasteiger partial charge in [0.05, 0.1) is 7.11 Å². The van der Waals surface area contributed by atoms with Crippen LogP contribution in [-0.4, -0.2) is 44.5 Å². The van der Waals surface area contributed by atoms with Gasteiger partial charge in [0.1, 0.15) is 12.9 Å². The van der Waals surface area contributed by atoms with E-state index in [-0.39, 0.29) is 12.4 Å². The molecule has 0 N–H and O–H groups in total. The summed E-state index contributed by atoms with van der Waals surface area (Å²) in [6.07, 6.45) is 4.73. The molecule has 1 heterocycles. The lowest BCUT2D eigenvalue weighted by molar-refractivity contribution is 0.112. The Hall–Kier alpha value is -1.26. The molecule has 1 aliphatic heterocycles. The Labute approximate surface area is 126 Å². The Morgan fingerprint density at radius 3 is 2.60 bits per heavy atom. The predicted octanol–water partition coefficient (Wildman–Crippen LogP) is 2.79. The topological polar surface area (TPSA) is 38.8 Å². The Morgan fingerprint density at radius 2 is 1.95 bits per heavy atom. The second-order valence-corrected chi connectivity index (χ2v) is 4.78. The molecular formula is C15H22ClNO3. The number of rotatable bonds is 6. The van der Waals surface area contributed by atoms with Crippen molar-refractivity contribution in [3.05, 3.63) is 23.8 Å². The monoisotopic (exact) mass is 299 g/mol. The van der Waals surface area contributed by atoms with Gasteiger partial charge < -0.3 is 9.47 Å². The lowest BCUT2D eigenvalue weighted by atomic mass is 10.1. The van der Waals surface area contributed by atoms with E-state index in [1.165, 1.54) is 32.4 Å². The van der Waals surface area contributed by atoms with E-state index in [0.29, 0.717) is 23.7 Å². The maximum absolute atomic E-state index is 10.7. The third-order valence-corrected chi connectivity index (χ3v) is 3.44. The van der Waals surface area contributed by atoms with Crippen molar-refractivity contribution >= 4 is 18.7 Å². The Bertz CT molecular complexity index is 420. The van der Waals surface area contributed by atoms with Crippen molar-refractivity contribution < 1.29 is 14.3 Å². The zero-order valence-corrected chi connectivity index (χ0v) is 12.7. The predicted molar refractivity (Wildman–Crippen MR) is 81.4 cm³/mol. The molecule has 2 rings (SSSR count). The summed E-state index contributed by atoms with van der Waals surface area (Å²) in [6.45, 7) is 3.94. The Balaban J connectivity index is 0.00000200. The van der Waals surface area contributed by atoms with Crippen LogP contribution in [0.4, 0.5) is 0 Å². The van der Waals surface area contributed by atoms with Crippen LogP contribution in [-0.2, 0) is 0 Å². The fraction of sp³-hybridized carbons (Fsp3) is 0.533. The number of halogens is 1. The van der Waals surface area contributed by atoms with Crippen molar-refractivity contribution in [3.8, 4) is 11.5 Å². The highest BCUT2D eigenvalue weighted by Gasteiger charge is 2.10. The maximum atomic E-state index is 10.7. The van der Waals surface area contributed by atoms with E-state index in [2.05, 4.69) is 4.90 Å². The van der Waals surface area contributed by atoms with Gasteiger partial charge in [-0.05, 0) is 44.1 Å². The van der Waals surface area contributed by atoms with Crippen LogP contribution in [0.5, 0.6) is 11.5 Å². The molecule has 0 spiro atoms.